The molecule has 1 aromatic carbocycles. The van der Waals surface area contributed by atoms with Gasteiger partial charge in [-0.2, -0.15) is 0 Å². The van der Waals surface area contributed by atoms with Crippen LogP contribution in [0.25, 0.3) is 0 Å². The minimum Gasteiger partial charge on any atom is -0.466 e. The molecule has 0 saturated carbocycles. The summed E-state index contributed by atoms with van der Waals surface area (Å²) < 4.78 is 57.4. The summed E-state index contributed by atoms with van der Waals surface area (Å²) in [6, 6.07) is 1.48. The molecule has 3 heterocycles. The molecule has 0 radical (unpaired) electrons. The number of allylic oxidation sites excluding steroid dienone is 1. The number of aliphatic imine (C=N–C) groups is 1. The van der Waals surface area contributed by atoms with Gasteiger partial charge in [0.1, 0.15) is 6.04 Å². The summed E-state index contributed by atoms with van der Waals surface area (Å²) in [4.78, 5) is 21.9. The highest BCUT2D eigenvalue weighted by Crippen LogP contribution is 2.39. The van der Waals surface area contributed by atoms with Crippen LogP contribution in [0.5, 0.6) is 0 Å². The average molecular weight is 497 g/mol. The predicted octanol–water partition coefficient (Wildman–Crippen LogP) is 2.49. The molecule has 2 aliphatic rings. The second-order valence-electron chi connectivity index (χ2n) is 7.70. The largest absolute Gasteiger partial charge is 0.466 e. The third-order valence-corrected chi connectivity index (χ3v) is 7.54. The summed E-state index contributed by atoms with van der Waals surface area (Å²) in [6.07, 6.45) is 2.56. The van der Waals surface area contributed by atoms with Crippen LogP contribution in [0.15, 0.2) is 40.0 Å². The van der Waals surface area contributed by atoms with Crippen molar-refractivity contribution in [2.45, 2.75) is 25.8 Å². The number of methoxy groups -OCH3 is 1. The number of rotatable bonds is 5. The quantitative estimate of drug-likeness (QED) is 0.487. The minimum atomic E-state index is -2.68. The molecule has 12 heteroatoms. The van der Waals surface area contributed by atoms with Gasteiger partial charge in [0.15, 0.2) is 22.5 Å². The number of halogens is 2. The van der Waals surface area contributed by atoms with E-state index >= 15 is 0 Å². The second-order valence-corrected chi connectivity index (χ2v) is 9.64. The number of amidine groups is 1. The zero-order valence-corrected chi connectivity index (χ0v) is 19.6. The first kappa shape index (κ1) is 23.5. The van der Waals surface area contributed by atoms with Crippen LogP contribution in [0.1, 0.15) is 35.0 Å². The summed E-state index contributed by atoms with van der Waals surface area (Å²) in [5.41, 5.74) is 1.11. The van der Waals surface area contributed by atoms with Crippen molar-refractivity contribution in [2.24, 2.45) is 10.9 Å². The predicted molar refractivity (Wildman–Crippen MR) is 119 cm³/mol. The SMILES string of the molecule is COC(=O)C1=C(C2CCN([SH](=O)=O)CC2)NC(c2nccs2)=NC1c1ccc(F)c(F)c1C. The van der Waals surface area contributed by atoms with Gasteiger partial charge in [0, 0.05) is 36.3 Å². The van der Waals surface area contributed by atoms with Crippen LogP contribution in [0.2, 0.25) is 0 Å². The van der Waals surface area contributed by atoms with Crippen molar-refractivity contribution < 1.29 is 26.7 Å². The molecule has 1 aromatic heterocycles. The number of carbonyl (C=O) groups excluding carboxylic acids is 1. The Hall–Kier alpha value is -2.70. The maximum absolute atomic E-state index is 14.5. The third kappa shape index (κ3) is 4.55. The molecular formula is C21H22F2N4O4S2. The van der Waals surface area contributed by atoms with E-state index in [0.717, 1.165) is 6.07 Å². The van der Waals surface area contributed by atoms with Gasteiger partial charge >= 0.3 is 5.97 Å². The Labute approximate surface area is 195 Å². The number of carbonyl (C=O) groups is 1. The van der Waals surface area contributed by atoms with Crippen molar-refractivity contribution in [3.8, 4) is 0 Å². The van der Waals surface area contributed by atoms with Gasteiger partial charge in [-0.25, -0.2) is 31.3 Å². The van der Waals surface area contributed by atoms with Crippen LogP contribution in [-0.2, 0) is 20.4 Å². The molecule has 4 rings (SSSR count). The van der Waals surface area contributed by atoms with Crippen LogP contribution in [-0.4, -0.2) is 49.7 Å². The van der Waals surface area contributed by atoms with Gasteiger partial charge in [0.2, 0.25) is 10.9 Å². The van der Waals surface area contributed by atoms with Gasteiger partial charge < -0.3 is 10.1 Å². The van der Waals surface area contributed by atoms with E-state index in [1.807, 2.05) is 0 Å². The van der Waals surface area contributed by atoms with Gasteiger partial charge in [0.25, 0.3) is 0 Å². The molecule has 0 spiro atoms. The number of thiol groups is 1. The molecule has 1 saturated heterocycles. The van der Waals surface area contributed by atoms with Crippen molar-refractivity contribution in [3.05, 3.63) is 62.7 Å². The lowest BCUT2D eigenvalue weighted by molar-refractivity contribution is -0.136. The van der Waals surface area contributed by atoms with Gasteiger partial charge in [-0.1, -0.05) is 6.07 Å². The van der Waals surface area contributed by atoms with Gasteiger partial charge in [-0.15, -0.1) is 11.3 Å². The first-order valence-corrected chi connectivity index (χ1v) is 12.2. The lowest BCUT2D eigenvalue weighted by atomic mass is 9.85. The van der Waals surface area contributed by atoms with E-state index < -0.39 is 34.5 Å². The summed E-state index contributed by atoms with van der Waals surface area (Å²) >= 11 is 1.34. The first-order chi connectivity index (χ1) is 15.8. The van der Waals surface area contributed by atoms with E-state index in [9.17, 15) is 22.0 Å². The summed E-state index contributed by atoms with van der Waals surface area (Å²) in [7, 11) is -1.44. The molecule has 1 N–H and O–H groups in total. The Morgan fingerprint density at radius 2 is 2.00 bits per heavy atom. The molecule has 2 aliphatic heterocycles. The molecule has 0 bridgehead atoms. The first-order valence-electron chi connectivity index (χ1n) is 10.2. The van der Waals surface area contributed by atoms with Gasteiger partial charge in [-0.3, -0.25) is 4.99 Å². The molecule has 33 heavy (non-hydrogen) atoms. The summed E-state index contributed by atoms with van der Waals surface area (Å²) in [6.45, 7) is 2.05. The zero-order valence-electron chi connectivity index (χ0n) is 17.9. The van der Waals surface area contributed by atoms with Gasteiger partial charge in [0.05, 0.1) is 12.7 Å². The van der Waals surface area contributed by atoms with Crippen LogP contribution in [0.4, 0.5) is 8.78 Å². The summed E-state index contributed by atoms with van der Waals surface area (Å²) in [5.74, 6) is -2.43. The molecule has 2 aromatic rings. The van der Waals surface area contributed by atoms with Crippen LogP contribution in [0.3, 0.4) is 0 Å². The fourth-order valence-corrected chi connectivity index (χ4v) is 5.32. The smallest absolute Gasteiger partial charge is 0.338 e. The highest BCUT2D eigenvalue weighted by molar-refractivity contribution is 7.69. The molecule has 0 aliphatic carbocycles. The van der Waals surface area contributed by atoms with Crippen molar-refractivity contribution in [3.63, 3.8) is 0 Å². The van der Waals surface area contributed by atoms with Crippen molar-refractivity contribution in [1.29, 1.82) is 0 Å². The zero-order chi connectivity index (χ0) is 23.7. The molecule has 8 nitrogen and oxygen atoms in total. The van der Waals surface area contributed by atoms with Crippen LogP contribution >= 0.6 is 11.3 Å². The summed E-state index contributed by atoms with van der Waals surface area (Å²) in [5, 5.41) is 5.57. The fraction of sp³-hybridized carbons (Fsp3) is 0.381. The molecule has 1 atom stereocenters. The second kappa shape index (κ2) is 9.65. The average Bonchev–Trinajstić information content (AvgIpc) is 3.36. The van der Waals surface area contributed by atoms with Crippen molar-refractivity contribution in [2.75, 3.05) is 20.2 Å². The number of aromatic nitrogens is 1. The lowest BCUT2D eigenvalue weighted by Gasteiger charge is -2.35. The van der Waals surface area contributed by atoms with E-state index in [2.05, 4.69) is 15.3 Å². The fourth-order valence-electron chi connectivity index (χ4n) is 4.18. The number of thiazole rings is 1. The van der Waals surface area contributed by atoms with Crippen molar-refractivity contribution in [1.82, 2.24) is 14.6 Å². The lowest BCUT2D eigenvalue weighted by Crippen LogP contribution is -2.41. The highest BCUT2D eigenvalue weighted by atomic mass is 32.2. The van der Waals surface area contributed by atoms with Crippen molar-refractivity contribution >= 4 is 34.0 Å². The Kier molecular flexibility index (Phi) is 6.86. The number of hydrogen-bond acceptors (Lipinski definition) is 8. The maximum atomic E-state index is 14.5. The molecule has 1 fully saturated rings. The topological polar surface area (TPSA) is 101 Å². The van der Waals surface area contributed by atoms with E-state index in [4.69, 9.17) is 4.74 Å². The Morgan fingerprint density at radius 3 is 2.61 bits per heavy atom. The van der Waals surface area contributed by atoms with E-state index in [0.29, 0.717) is 48.0 Å². The number of ether oxygens (including phenoxy) is 1. The van der Waals surface area contributed by atoms with E-state index in [1.54, 1.807) is 11.6 Å². The number of nitrogens with one attached hydrogen (secondary N) is 1. The molecule has 0 amide bonds. The molecule has 176 valence electrons. The monoisotopic (exact) mass is 496 g/mol. The van der Waals surface area contributed by atoms with E-state index in [1.165, 1.54) is 35.7 Å². The highest BCUT2D eigenvalue weighted by Gasteiger charge is 2.37. The van der Waals surface area contributed by atoms with Crippen LogP contribution < -0.4 is 5.32 Å². The third-order valence-electron chi connectivity index (χ3n) is 5.90. The van der Waals surface area contributed by atoms with Crippen LogP contribution in [0, 0.1) is 24.5 Å². The Morgan fingerprint density at radius 1 is 1.27 bits per heavy atom. The molecule has 1 unspecified atom stereocenters. The molecular weight excluding hydrogens is 474 g/mol. The minimum absolute atomic E-state index is 0.0445. The standard InChI is InChI=1S/C21H22F2N4O4S2/c1-11-13(3-4-14(22)16(11)23)18-15(21(28)31-2)17(12-5-8-27(9-6-12)33(29)30)25-19(26-18)20-24-7-10-32-20/h3-4,7,10,12,18,33H,5-6,8-9H2,1-2H3,(H,25,26). The van der Waals surface area contributed by atoms with E-state index in [-0.39, 0.29) is 17.1 Å². The maximum Gasteiger partial charge on any atom is 0.338 e. The number of benzene rings is 1. The number of nitrogens with zero attached hydrogens (tertiary/aromatic N) is 3. The number of hydrogen-bond donors (Lipinski definition) is 2. The Balaban J connectivity index is 1.85. The Bertz CT molecular complexity index is 1200. The number of esters is 1. The van der Waals surface area contributed by atoms with Gasteiger partial charge in [-0.05, 0) is 37.0 Å². The number of piperidine rings is 1. The normalized spacial score (nSPS) is 20.0.